The number of nitrogens with zero attached hydrogens (tertiary/aromatic N) is 4. The van der Waals surface area contributed by atoms with E-state index in [-0.39, 0.29) is 0 Å². The van der Waals surface area contributed by atoms with Crippen LogP contribution < -0.4 is 10.2 Å². The van der Waals surface area contributed by atoms with Crippen molar-refractivity contribution in [3.63, 3.8) is 0 Å². The molecule has 174 valence electrons. The zero-order valence-corrected chi connectivity index (χ0v) is 20.4. The molecule has 1 aliphatic heterocycles. The summed E-state index contributed by atoms with van der Waals surface area (Å²) in [5.41, 5.74) is 3.31. The normalized spacial score (nSPS) is 21.9. The van der Waals surface area contributed by atoms with Gasteiger partial charge in [-0.25, -0.2) is 9.97 Å². The number of hydrogen-bond acceptors (Lipinski definition) is 7. The van der Waals surface area contributed by atoms with Crippen LogP contribution in [-0.4, -0.2) is 66.6 Å². The fourth-order valence-electron chi connectivity index (χ4n) is 4.70. The number of methoxy groups -OCH3 is 1. The summed E-state index contributed by atoms with van der Waals surface area (Å²) in [6.45, 7) is 4.37. The molecule has 0 unspecified atom stereocenters. The third-order valence-electron chi connectivity index (χ3n) is 6.81. The summed E-state index contributed by atoms with van der Waals surface area (Å²) in [5, 5.41) is 5.11. The largest absolute Gasteiger partial charge is 0.381 e. The quantitative estimate of drug-likeness (QED) is 0.541. The SMILES string of the molecule is COC1CCC(Sc2cccc3cnc(Nc4ccc(N5CCN(C)CC5)cc4)nc23)CC1. The molecule has 2 aliphatic rings. The third kappa shape index (κ3) is 5.42. The van der Waals surface area contributed by atoms with Crippen molar-refractivity contribution in [2.45, 2.75) is 41.9 Å². The molecule has 1 aliphatic carbocycles. The molecule has 2 aromatic carbocycles. The van der Waals surface area contributed by atoms with Crippen LogP contribution in [-0.2, 0) is 4.74 Å². The molecule has 3 aromatic rings. The number of benzene rings is 2. The fraction of sp³-hybridized carbons (Fsp3) is 0.462. The molecule has 33 heavy (non-hydrogen) atoms. The number of piperazine rings is 1. The first-order valence-corrected chi connectivity index (χ1v) is 12.8. The molecular formula is C26H33N5OS. The second-order valence-electron chi connectivity index (χ2n) is 9.10. The number of thioether (sulfide) groups is 1. The van der Waals surface area contributed by atoms with Gasteiger partial charge in [0.15, 0.2) is 0 Å². The summed E-state index contributed by atoms with van der Waals surface area (Å²) in [6, 6.07) is 15.0. The highest BCUT2D eigenvalue weighted by Gasteiger charge is 2.22. The molecule has 7 heteroatoms. The van der Waals surface area contributed by atoms with Gasteiger partial charge in [0.1, 0.15) is 0 Å². The van der Waals surface area contributed by atoms with Gasteiger partial charge in [-0.15, -0.1) is 11.8 Å². The molecule has 2 fully saturated rings. The smallest absolute Gasteiger partial charge is 0.227 e. The molecule has 0 atom stereocenters. The van der Waals surface area contributed by atoms with E-state index < -0.39 is 0 Å². The molecule has 5 rings (SSSR count). The van der Waals surface area contributed by atoms with E-state index in [2.05, 4.69) is 69.6 Å². The summed E-state index contributed by atoms with van der Waals surface area (Å²) in [4.78, 5) is 15.5. The predicted molar refractivity (Wildman–Crippen MR) is 138 cm³/mol. The molecule has 0 bridgehead atoms. The highest BCUT2D eigenvalue weighted by molar-refractivity contribution is 8.00. The molecule has 0 radical (unpaired) electrons. The average molecular weight is 464 g/mol. The van der Waals surface area contributed by atoms with E-state index in [1.165, 1.54) is 23.4 Å². The second-order valence-corrected chi connectivity index (χ2v) is 10.4. The maximum atomic E-state index is 5.54. The Labute approximate surface area is 200 Å². The summed E-state index contributed by atoms with van der Waals surface area (Å²) in [5.74, 6) is 0.644. The summed E-state index contributed by atoms with van der Waals surface area (Å²) < 4.78 is 5.54. The van der Waals surface area contributed by atoms with Crippen LogP contribution in [0.4, 0.5) is 17.3 Å². The minimum absolute atomic E-state index is 0.426. The van der Waals surface area contributed by atoms with Crippen LogP contribution in [0.3, 0.4) is 0 Å². The topological polar surface area (TPSA) is 53.5 Å². The van der Waals surface area contributed by atoms with Crippen molar-refractivity contribution in [2.24, 2.45) is 0 Å². The van der Waals surface area contributed by atoms with Crippen molar-refractivity contribution in [1.29, 1.82) is 0 Å². The molecule has 1 saturated heterocycles. The van der Waals surface area contributed by atoms with Gasteiger partial charge in [-0.05, 0) is 63.1 Å². The highest BCUT2D eigenvalue weighted by Crippen LogP contribution is 2.37. The Morgan fingerprint density at radius 2 is 1.73 bits per heavy atom. The van der Waals surface area contributed by atoms with Gasteiger partial charge in [-0.1, -0.05) is 12.1 Å². The van der Waals surface area contributed by atoms with Crippen LogP contribution in [0, 0.1) is 0 Å². The molecule has 2 heterocycles. The lowest BCUT2D eigenvalue weighted by Gasteiger charge is -2.34. The lowest BCUT2D eigenvalue weighted by atomic mass is 9.97. The third-order valence-corrected chi connectivity index (χ3v) is 8.20. The number of anilines is 3. The first-order valence-electron chi connectivity index (χ1n) is 11.9. The number of rotatable bonds is 6. The Morgan fingerprint density at radius 3 is 2.45 bits per heavy atom. The zero-order valence-electron chi connectivity index (χ0n) is 19.5. The van der Waals surface area contributed by atoms with Crippen molar-refractivity contribution in [3.05, 3.63) is 48.7 Å². The average Bonchev–Trinajstić information content (AvgIpc) is 2.86. The van der Waals surface area contributed by atoms with Gasteiger partial charge in [-0.2, -0.15) is 0 Å². The number of aromatic nitrogens is 2. The number of hydrogen-bond donors (Lipinski definition) is 1. The number of likely N-dealkylation sites (N-methyl/N-ethyl adjacent to an activating group) is 1. The van der Waals surface area contributed by atoms with Crippen LogP contribution in [0.1, 0.15) is 25.7 Å². The molecule has 0 amide bonds. The molecule has 1 saturated carbocycles. The van der Waals surface area contributed by atoms with Crippen LogP contribution in [0.25, 0.3) is 10.9 Å². The Kier molecular flexibility index (Phi) is 6.99. The summed E-state index contributed by atoms with van der Waals surface area (Å²) in [6.07, 6.45) is 7.02. The highest BCUT2D eigenvalue weighted by atomic mass is 32.2. The van der Waals surface area contributed by atoms with Gasteiger partial charge < -0.3 is 19.9 Å². The van der Waals surface area contributed by atoms with E-state index >= 15 is 0 Å². The van der Waals surface area contributed by atoms with Gasteiger partial charge in [0.05, 0.1) is 11.6 Å². The van der Waals surface area contributed by atoms with Crippen molar-refractivity contribution in [3.8, 4) is 0 Å². The van der Waals surface area contributed by atoms with Crippen LogP contribution in [0.2, 0.25) is 0 Å². The van der Waals surface area contributed by atoms with E-state index in [9.17, 15) is 0 Å². The van der Waals surface area contributed by atoms with Gasteiger partial charge in [0.2, 0.25) is 5.95 Å². The maximum Gasteiger partial charge on any atom is 0.227 e. The molecule has 6 nitrogen and oxygen atoms in total. The predicted octanol–water partition coefficient (Wildman–Crippen LogP) is 5.17. The number of fused-ring (bicyclic) bond motifs is 1. The standard InChI is InChI=1S/C26H33N5OS/c1-30-14-16-31(17-15-30)21-8-6-20(7-9-21)28-26-27-18-19-4-3-5-24(25(19)29-26)33-23-12-10-22(32-2)11-13-23/h3-9,18,22-23H,10-17H2,1-2H3,(H,27,28,29). The van der Waals surface area contributed by atoms with E-state index in [4.69, 9.17) is 9.72 Å². The molecule has 0 spiro atoms. The van der Waals surface area contributed by atoms with Crippen LogP contribution in [0.15, 0.2) is 53.6 Å². The van der Waals surface area contributed by atoms with E-state index in [0.717, 1.165) is 55.6 Å². The first kappa shape index (κ1) is 22.4. The Hall–Kier alpha value is -2.35. The van der Waals surface area contributed by atoms with Crippen molar-refractivity contribution >= 4 is 40.0 Å². The molecular weight excluding hydrogens is 430 g/mol. The number of ether oxygens (including phenoxy) is 1. The van der Waals surface area contributed by atoms with E-state index in [1.54, 1.807) is 0 Å². The monoisotopic (exact) mass is 463 g/mol. The van der Waals surface area contributed by atoms with Gasteiger partial charge >= 0.3 is 0 Å². The Bertz CT molecular complexity index is 1060. The van der Waals surface area contributed by atoms with E-state index in [0.29, 0.717) is 17.3 Å². The Balaban J connectivity index is 1.28. The number of nitrogens with one attached hydrogen (secondary N) is 1. The minimum Gasteiger partial charge on any atom is -0.381 e. The lowest BCUT2D eigenvalue weighted by molar-refractivity contribution is 0.0723. The lowest BCUT2D eigenvalue weighted by Crippen LogP contribution is -2.44. The first-order chi connectivity index (χ1) is 16.2. The minimum atomic E-state index is 0.426. The van der Waals surface area contributed by atoms with Crippen molar-refractivity contribution < 1.29 is 4.74 Å². The van der Waals surface area contributed by atoms with Gasteiger partial charge in [0, 0.05) is 66.4 Å². The maximum absolute atomic E-state index is 5.54. The van der Waals surface area contributed by atoms with Crippen molar-refractivity contribution in [2.75, 3.05) is 50.6 Å². The van der Waals surface area contributed by atoms with Crippen LogP contribution >= 0.6 is 11.8 Å². The number of para-hydroxylation sites is 1. The Morgan fingerprint density at radius 1 is 0.970 bits per heavy atom. The van der Waals surface area contributed by atoms with Gasteiger partial charge in [0.25, 0.3) is 0 Å². The second kappa shape index (κ2) is 10.3. The van der Waals surface area contributed by atoms with Crippen LogP contribution in [0.5, 0.6) is 0 Å². The van der Waals surface area contributed by atoms with Crippen molar-refractivity contribution in [1.82, 2.24) is 14.9 Å². The molecule has 1 N–H and O–H groups in total. The zero-order chi connectivity index (χ0) is 22.6. The summed E-state index contributed by atoms with van der Waals surface area (Å²) >= 11 is 1.96. The van der Waals surface area contributed by atoms with E-state index in [1.807, 2.05) is 25.1 Å². The summed E-state index contributed by atoms with van der Waals surface area (Å²) in [7, 11) is 4.01. The fourth-order valence-corrected chi connectivity index (χ4v) is 6.00. The van der Waals surface area contributed by atoms with Gasteiger partial charge in [-0.3, -0.25) is 0 Å². The molecule has 1 aromatic heterocycles.